The number of aromatic amines is 1. The van der Waals surface area contributed by atoms with E-state index in [1.165, 1.54) is 0 Å². The van der Waals surface area contributed by atoms with Gasteiger partial charge in [0.05, 0.1) is 6.42 Å². The molecule has 1 aliphatic heterocycles. The van der Waals surface area contributed by atoms with Gasteiger partial charge in [-0.25, -0.2) is 4.98 Å². The van der Waals surface area contributed by atoms with E-state index in [1.54, 1.807) is 0 Å². The Bertz CT molecular complexity index is 860. The number of aromatic nitrogens is 3. The molecule has 1 N–H and O–H groups in total. The van der Waals surface area contributed by atoms with Crippen LogP contribution in [0.4, 0.5) is 0 Å². The summed E-state index contributed by atoms with van der Waals surface area (Å²) in [5, 5.41) is 7.44. The number of piperidine rings is 1. The van der Waals surface area contributed by atoms with Crippen LogP contribution in [0.5, 0.6) is 0 Å². The highest BCUT2D eigenvalue weighted by Crippen LogP contribution is 2.26. The summed E-state index contributed by atoms with van der Waals surface area (Å²) in [5.74, 6) is 1.99. The number of carbonyl (C=O) groups excluding carboxylic acids is 1. The number of benzene rings is 2. The molecule has 4 rings (SSSR count). The molecular weight excluding hydrogens is 324 g/mol. The number of hydrogen-bond acceptors (Lipinski definition) is 3. The minimum Gasteiger partial charge on any atom is -0.342 e. The first-order chi connectivity index (χ1) is 12.8. The molecule has 1 aromatic heterocycles. The average Bonchev–Trinajstić information content (AvgIpc) is 3.20. The van der Waals surface area contributed by atoms with Crippen molar-refractivity contribution in [3.63, 3.8) is 0 Å². The molecule has 26 heavy (non-hydrogen) atoms. The van der Waals surface area contributed by atoms with Crippen LogP contribution < -0.4 is 0 Å². The SMILES string of the molecule is O=C(Cc1ccccc1)N1CCC[C@@H](c2nc(-c3ccccc3)n[nH]2)C1. The van der Waals surface area contributed by atoms with Crippen molar-refractivity contribution in [3.05, 3.63) is 72.1 Å². The molecular formula is C21H22N4O. The van der Waals surface area contributed by atoms with Gasteiger partial charge < -0.3 is 4.90 Å². The van der Waals surface area contributed by atoms with Crippen molar-refractivity contribution in [1.29, 1.82) is 0 Å². The van der Waals surface area contributed by atoms with Gasteiger partial charge in [0.2, 0.25) is 5.91 Å². The smallest absolute Gasteiger partial charge is 0.227 e. The maximum atomic E-state index is 12.7. The molecule has 2 aromatic carbocycles. The number of H-pyrrole nitrogens is 1. The molecule has 0 radical (unpaired) electrons. The zero-order valence-corrected chi connectivity index (χ0v) is 14.6. The number of carbonyl (C=O) groups is 1. The summed E-state index contributed by atoms with van der Waals surface area (Å²) >= 11 is 0. The second kappa shape index (κ2) is 7.52. The predicted octanol–water partition coefficient (Wildman–Crippen LogP) is 3.42. The van der Waals surface area contributed by atoms with Crippen LogP contribution in [0.15, 0.2) is 60.7 Å². The third kappa shape index (κ3) is 3.67. The first kappa shape index (κ1) is 16.5. The largest absolute Gasteiger partial charge is 0.342 e. The van der Waals surface area contributed by atoms with Crippen LogP contribution in [-0.2, 0) is 11.2 Å². The van der Waals surface area contributed by atoms with Crippen LogP contribution in [0.3, 0.4) is 0 Å². The van der Waals surface area contributed by atoms with Crippen LogP contribution in [0, 0.1) is 0 Å². The quantitative estimate of drug-likeness (QED) is 0.787. The maximum absolute atomic E-state index is 12.7. The van der Waals surface area contributed by atoms with E-state index in [9.17, 15) is 4.79 Å². The van der Waals surface area contributed by atoms with Gasteiger partial charge in [0.25, 0.3) is 0 Å². The molecule has 0 spiro atoms. The van der Waals surface area contributed by atoms with Crippen molar-refractivity contribution in [1.82, 2.24) is 20.1 Å². The van der Waals surface area contributed by atoms with Crippen molar-refractivity contribution >= 4 is 5.91 Å². The summed E-state index contributed by atoms with van der Waals surface area (Å²) in [6.07, 6.45) is 2.48. The molecule has 5 nitrogen and oxygen atoms in total. The Morgan fingerprint density at radius 3 is 2.58 bits per heavy atom. The first-order valence-corrected chi connectivity index (χ1v) is 9.09. The topological polar surface area (TPSA) is 61.9 Å². The Hall–Kier alpha value is -2.95. The highest BCUT2D eigenvalue weighted by atomic mass is 16.2. The number of rotatable bonds is 4. The van der Waals surface area contributed by atoms with Crippen molar-refractivity contribution in [2.75, 3.05) is 13.1 Å². The number of nitrogens with one attached hydrogen (secondary N) is 1. The third-order valence-electron chi connectivity index (χ3n) is 4.89. The van der Waals surface area contributed by atoms with Crippen LogP contribution in [0.1, 0.15) is 30.1 Å². The Labute approximate surface area is 153 Å². The predicted molar refractivity (Wildman–Crippen MR) is 101 cm³/mol. The van der Waals surface area contributed by atoms with Gasteiger partial charge in [0.15, 0.2) is 5.82 Å². The highest BCUT2D eigenvalue weighted by Gasteiger charge is 2.27. The summed E-state index contributed by atoms with van der Waals surface area (Å²) in [6, 6.07) is 19.9. The van der Waals surface area contributed by atoms with Crippen molar-refractivity contribution in [3.8, 4) is 11.4 Å². The van der Waals surface area contributed by atoms with Crippen LogP contribution >= 0.6 is 0 Å². The van der Waals surface area contributed by atoms with E-state index >= 15 is 0 Å². The molecule has 5 heteroatoms. The summed E-state index contributed by atoms with van der Waals surface area (Å²) in [6.45, 7) is 1.52. The van der Waals surface area contributed by atoms with E-state index in [4.69, 9.17) is 0 Å². The zero-order valence-electron chi connectivity index (χ0n) is 14.6. The molecule has 1 amide bonds. The molecule has 3 aromatic rings. The van der Waals surface area contributed by atoms with E-state index < -0.39 is 0 Å². The molecule has 1 saturated heterocycles. The van der Waals surface area contributed by atoms with E-state index in [-0.39, 0.29) is 11.8 Å². The summed E-state index contributed by atoms with van der Waals surface area (Å²) < 4.78 is 0. The minimum atomic E-state index is 0.184. The fraction of sp³-hybridized carbons (Fsp3) is 0.286. The van der Waals surface area contributed by atoms with E-state index in [0.717, 1.165) is 36.3 Å². The van der Waals surface area contributed by atoms with E-state index in [1.807, 2.05) is 65.6 Å². The lowest BCUT2D eigenvalue weighted by molar-refractivity contribution is -0.131. The number of likely N-dealkylation sites (tertiary alicyclic amines) is 1. The van der Waals surface area contributed by atoms with E-state index in [2.05, 4.69) is 15.2 Å². The molecule has 2 heterocycles. The fourth-order valence-corrected chi connectivity index (χ4v) is 3.48. The first-order valence-electron chi connectivity index (χ1n) is 9.09. The zero-order chi connectivity index (χ0) is 17.8. The van der Waals surface area contributed by atoms with Crippen molar-refractivity contribution in [2.45, 2.75) is 25.2 Å². The number of amides is 1. The minimum absolute atomic E-state index is 0.184. The van der Waals surface area contributed by atoms with Gasteiger partial charge in [-0.1, -0.05) is 60.7 Å². The van der Waals surface area contributed by atoms with Gasteiger partial charge in [-0.15, -0.1) is 0 Å². The van der Waals surface area contributed by atoms with Gasteiger partial charge in [0, 0.05) is 24.6 Å². The third-order valence-corrected chi connectivity index (χ3v) is 4.89. The number of hydrogen-bond donors (Lipinski definition) is 1. The summed E-state index contributed by atoms with van der Waals surface area (Å²) in [7, 11) is 0. The molecule has 0 unspecified atom stereocenters. The lowest BCUT2D eigenvalue weighted by Crippen LogP contribution is -2.40. The molecule has 1 atom stereocenters. The molecule has 0 bridgehead atoms. The normalized spacial score (nSPS) is 17.2. The summed E-state index contributed by atoms with van der Waals surface area (Å²) in [5.41, 5.74) is 2.06. The monoisotopic (exact) mass is 346 g/mol. The second-order valence-electron chi connectivity index (χ2n) is 6.75. The molecule has 1 fully saturated rings. The fourth-order valence-electron chi connectivity index (χ4n) is 3.48. The lowest BCUT2D eigenvalue weighted by atomic mass is 9.96. The maximum Gasteiger partial charge on any atom is 0.227 e. The van der Waals surface area contributed by atoms with Crippen molar-refractivity contribution < 1.29 is 4.79 Å². The van der Waals surface area contributed by atoms with Gasteiger partial charge >= 0.3 is 0 Å². The lowest BCUT2D eigenvalue weighted by Gasteiger charge is -2.31. The van der Waals surface area contributed by atoms with Gasteiger partial charge in [-0.2, -0.15) is 5.10 Å². The number of nitrogens with zero attached hydrogens (tertiary/aromatic N) is 3. The summed E-state index contributed by atoms with van der Waals surface area (Å²) in [4.78, 5) is 19.3. The molecule has 0 aliphatic carbocycles. The molecule has 1 aliphatic rings. The van der Waals surface area contributed by atoms with Gasteiger partial charge in [0.1, 0.15) is 5.82 Å². The van der Waals surface area contributed by atoms with Crippen LogP contribution in [-0.4, -0.2) is 39.1 Å². The Morgan fingerprint density at radius 1 is 1.08 bits per heavy atom. The van der Waals surface area contributed by atoms with Crippen LogP contribution in [0.2, 0.25) is 0 Å². The Morgan fingerprint density at radius 2 is 1.81 bits per heavy atom. The van der Waals surface area contributed by atoms with Crippen molar-refractivity contribution in [2.24, 2.45) is 0 Å². The van der Waals surface area contributed by atoms with Gasteiger partial charge in [-0.3, -0.25) is 9.89 Å². The second-order valence-corrected chi connectivity index (χ2v) is 6.75. The highest BCUT2D eigenvalue weighted by molar-refractivity contribution is 5.79. The van der Waals surface area contributed by atoms with E-state index in [0.29, 0.717) is 18.8 Å². The van der Waals surface area contributed by atoms with Gasteiger partial charge in [-0.05, 0) is 18.4 Å². The standard InChI is InChI=1S/C21H22N4O/c26-19(14-16-8-3-1-4-9-16)25-13-7-12-18(15-25)21-22-20(23-24-21)17-10-5-2-6-11-17/h1-6,8-11,18H,7,12-15H2,(H,22,23,24)/t18-/m1/s1. The van der Waals surface area contributed by atoms with Crippen LogP contribution in [0.25, 0.3) is 11.4 Å². The Kier molecular flexibility index (Phi) is 4.78. The molecule has 0 saturated carbocycles. The Balaban J connectivity index is 1.44. The average molecular weight is 346 g/mol. The molecule has 132 valence electrons.